The summed E-state index contributed by atoms with van der Waals surface area (Å²) in [5, 5.41) is 0. The van der Waals surface area contributed by atoms with E-state index in [2.05, 4.69) is 0 Å². The van der Waals surface area contributed by atoms with Gasteiger partial charge in [-0.15, -0.1) is 0 Å². The highest BCUT2D eigenvalue weighted by Gasteiger charge is 2.54. The normalized spacial score (nSPS) is 43.4. The zero-order chi connectivity index (χ0) is 10.3. The van der Waals surface area contributed by atoms with E-state index in [1.807, 2.05) is 0 Å². The number of hydrogen-bond donors (Lipinski definition) is 1. The molecule has 3 aliphatic rings. The van der Waals surface area contributed by atoms with Crippen LogP contribution in [-0.4, -0.2) is 19.3 Å². The Morgan fingerprint density at radius 2 is 1.53 bits per heavy atom. The maximum atomic E-state index is 6.46. The quantitative estimate of drug-likeness (QED) is 0.756. The van der Waals surface area contributed by atoms with Gasteiger partial charge in [-0.3, -0.25) is 0 Å². The SMILES string of the molecule is NC(C1CCOCC1)C1C2CCCCC21. The molecule has 0 radical (unpaired) electrons. The molecule has 0 aromatic carbocycles. The number of nitrogens with two attached hydrogens (primary N) is 1. The van der Waals surface area contributed by atoms with Crippen LogP contribution in [0.15, 0.2) is 0 Å². The van der Waals surface area contributed by atoms with Crippen molar-refractivity contribution >= 4 is 0 Å². The zero-order valence-corrected chi connectivity index (χ0v) is 9.53. The van der Waals surface area contributed by atoms with Crippen LogP contribution in [0.4, 0.5) is 0 Å². The van der Waals surface area contributed by atoms with E-state index in [-0.39, 0.29) is 0 Å². The van der Waals surface area contributed by atoms with Crippen LogP contribution >= 0.6 is 0 Å². The van der Waals surface area contributed by atoms with E-state index in [0.717, 1.165) is 36.9 Å². The molecule has 0 amide bonds. The third-order valence-corrected chi connectivity index (χ3v) is 4.98. The van der Waals surface area contributed by atoms with Crippen molar-refractivity contribution < 1.29 is 4.74 Å². The summed E-state index contributed by atoms with van der Waals surface area (Å²) in [6.45, 7) is 1.89. The van der Waals surface area contributed by atoms with Gasteiger partial charge in [-0.25, -0.2) is 0 Å². The van der Waals surface area contributed by atoms with Crippen molar-refractivity contribution in [1.82, 2.24) is 0 Å². The van der Waals surface area contributed by atoms with Crippen LogP contribution in [0.5, 0.6) is 0 Å². The monoisotopic (exact) mass is 209 g/mol. The lowest BCUT2D eigenvalue weighted by Gasteiger charge is -2.28. The Kier molecular flexibility index (Phi) is 2.73. The second kappa shape index (κ2) is 4.06. The minimum absolute atomic E-state index is 0.488. The molecule has 1 heterocycles. The fraction of sp³-hybridized carbons (Fsp3) is 1.00. The van der Waals surface area contributed by atoms with Crippen LogP contribution in [-0.2, 0) is 4.74 Å². The Morgan fingerprint density at radius 3 is 2.13 bits per heavy atom. The van der Waals surface area contributed by atoms with Crippen LogP contribution < -0.4 is 5.73 Å². The highest BCUT2D eigenvalue weighted by molar-refractivity contribution is 5.05. The molecule has 3 atom stereocenters. The molecule has 2 nitrogen and oxygen atoms in total. The van der Waals surface area contributed by atoms with Crippen molar-refractivity contribution in [3.8, 4) is 0 Å². The maximum absolute atomic E-state index is 6.46. The molecule has 2 N–H and O–H groups in total. The van der Waals surface area contributed by atoms with Crippen LogP contribution in [0.3, 0.4) is 0 Å². The standard InChI is InChI=1S/C13H23NO/c14-13(9-5-7-15-8-6-9)12-10-3-1-2-4-11(10)12/h9-13H,1-8,14H2. The van der Waals surface area contributed by atoms with Crippen molar-refractivity contribution in [1.29, 1.82) is 0 Å². The predicted molar refractivity (Wildman–Crippen MR) is 60.5 cm³/mol. The highest BCUT2D eigenvalue weighted by Crippen LogP contribution is 2.57. The van der Waals surface area contributed by atoms with Gasteiger partial charge in [0.2, 0.25) is 0 Å². The summed E-state index contributed by atoms with van der Waals surface area (Å²) in [7, 11) is 0. The van der Waals surface area contributed by atoms with Gasteiger partial charge >= 0.3 is 0 Å². The molecule has 2 aliphatic carbocycles. The van der Waals surface area contributed by atoms with Crippen LogP contribution in [0.2, 0.25) is 0 Å². The molecule has 1 saturated heterocycles. The fourth-order valence-electron chi connectivity index (χ4n) is 4.03. The van der Waals surface area contributed by atoms with Gasteiger partial charge in [0.25, 0.3) is 0 Å². The number of rotatable bonds is 2. The minimum Gasteiger partial charge on any atom is -0.381 e. The average Bonchev–Trinajstić information content (AvgIpc) is 3.03. The topological polar surface area (TPSA) is 35.2 Å². The molecule has 86 valence electrons. The summed E-state index contributed by atoms with van der Waals surface area (Å²) in [4.78, 5) is 0. The minimum atomic E-state index is 0.488. The lowest BCUT2D eigenvalue weighted by Crippen LogP contribution is -2.36. The summed E-state index contributed by atoms with van der Waals surface area (Å²) in [5.41, 5.74) is 6.46. The molecule has 3 unspecified atom stereocenters. The lowest BCUT2D eigenvalue weighted by molar-refractivity contribution is 0.0549. The molecular formula is C13H23NO. The highest BCUT2D eigenvalue weighted by atomic mass is 16.5. The molecular weight excluding hydrogens is 186 g/mol. The average molecular weight is 209 g/mol. The van der Waals surface area contributed by atoms with Crippen molar-refractivity contribution in [2.45, 2.75) is 44.6 Å². The Morgan fingerprint density at radius 1 is 0.933 bits per heavy atom. The van der Waals surface area contributed by atoms with E-state index in [9.17, 15) is 0 Å². The smallest absolute Gasteiger partial charge is 0.0469 e. The second-order valence-corrected chi connectivity index (χ2v) is 5.72. The molecule has 1 aliphatic heterocycles. The summed E-state index contributed by atoms with van der Waals surface area (Å²) >= 11 is 0. The number of fused-ring (bicyclic) bond motifs is 1. The first-order chi connectivity index (χ1) is 7.38. The van der Waals surface area contributed by atoms with Gasteiger partial charge in [-0.05, 0) is 49.4 Å². The molecule has 15 heavy (non-hydrogen) atoms. The largest absolute Gasteiger partial charge is 0.381 e. The van der Waals surface area contributed by atoms with E-state index in [0.29, 0.717) is 6.04 Å². The summed E-state index contributed by atoms with van der Waals surface area (Å²) in [5.74, 6) is 3.66. The Balaban J connectivity index is 1.58. The summed E-state index contributed by atoms with van der Waals surface area (Å²) in [6, 6.07) is 0.488. The fourth-order valence-corrected chi connectivity index (χ4v) is 4.03. The van der Waals surface area contributed by atoms with Crippen LogP contribution in [0.25, 0.3) is 0 Å². The second-order valence-electron chi connectivity index (χ2n) is 5.72. The van der Waals surface area contributed by atoms with E-state index < -0.39 is 0 Å². The molecule has 2 heteroatoms. The lowest BCUT2D eigenvalue weighted by atomic mass is 9.88. The van der Waals surface area contributed by atoms with Gasteiger partial charge in [-0.2, -0.15) is 0 Å². The van der Waals surface area contributed by atoms with Gasteiger partial charge in [0.1, 0.15) is 0 Å². The molecule has 3 fully saturated rings. The van der Waals surface area contributed by atoms with Crippen LogP contribution in [0.1, 0.15) is 38.5 Å². The van der Waals surface area contributed by atoms with Crippen molar-refractivity contribution in [2.75, 3.05) is 13.2 Å². The van der Waals surface area contributed by atoms with Gasteiger partial charge in [0.05, 0.1) is 0 Å². The van der Waals surface area contributed by atoms with Gasteiger partial charge in [0, 0.05) is 19.3 Å². The molecule has 0 bridgehead atoms. The van der Waals surface area contributed by atoms with E-state index in [1.54, 1.807) is 0 Å². The molecule has 2 saturated carbocycles. The molecule has 0 aromatic heterocycles. The van der Waals surface area contributed by atoms with E-state index in [1.165, 1.54) is 38.5 Å². The number of ether oxygens (including phenoxy) is 1. The van der Waals surface area contributed by atoms with Crippen molar-refractivity contribution in [3.63, 3.8) is 0 Å². The molecule has 0 spiro atoms. The first-order valence-corrected chi connectivity index (χ1v) is 6.71. The summed E-state index contributed by atoms with van der Waals surface area (Å²) in [6.07, 6.45) is 8.25. The van der Waals surface area contributed by atoms with Gasteiger partial charge in [-0.1, -0.05) is 12.8 Å². The van der Waals surface area contributed by atoms with E-state index >= 15 is 0 Å². The third-order valence-electron chi connectivity index (χ3n) is 4.98. The zero-order valence-electron chi connectivity index (χ0n) is 9.53. The maximum Gasteiger partial charge on any atom is 0.0469 e. The first-order valence-electron chi connectivity index (χ1n) is 6.71. The van der Waals surface area contributed by atoms with Crippen molar-refractivity contribution in [2.24, 2.45) is 29.4 Å². The molecule has 3 rings (SSSR count). The first kappa shape index (κ1) is 10.1. The Hall–Kier alpha value is -0.0800. The Bertz CT molecular complexity index is 213. The third kappa shape index (κ3) is 1.83. The van der Waals surface area contributed by atoms with Gasteiger partial charge < -0.3 is 10.5 Å². The molecule has 0 aromatic rings. The number of hydrogen-bond acceptors (Lipinski definition) is 2. The van der Waals surface area contributed by atoms with Gasteiger partial charge in [0.15, 0.2) is 0 Å². The Labute approximate surface area is 92.6 Å². The van der Waals surface area contributed by atoms with Crippen LogP contribution in [0, 0.1) is 23.7 Å². The predicted octanol–water partition coefficient (Wildman–Crippen LogP) is 2.18. The van der Waals surface area contributed by atoms with E-state index in [4.69, 9.17) is 10.5 Å². The summed E-state index contributed by atoms with van der Waals surface area (Å²) < 4.78 is 5.41. The van der Waals surface area contributed by atoms with Crippen molar-refractivity contribution in [3.05, 3.63) is 0 Å².